The summed E-state index contributed by atoms with van der Waals surface area (Å²) in [5.74, 6) is -0.474. The monoisotopic (exact) mass is 402 g/mol. The number of carbonyl (C=O) groups is 2. The molecule has 3 rings (SSSR count). The zero-order chi connectivity index (χ0) is 21.3. The Kier molecular flexibility index (Phi) is 7.35. The third-order valence-corrected chi connectivity index (χ3v) is 4.88. The Balaban J connectivity index is 1.59. The van der Waals surface area contributed by atoms with Crippen LogP contribution in [0.2, 0.25) is 0 Å². The van der Waals surface area contributed by atoms with Gasteiger partial charge in [-0.2, -0.15) is 0 Å². The molecule has 0 bridgehead atoms. The van der Waals surface area contributed by atoms with Gasteiger partial charge in [0.05, 0.1) is 25.3 Å². The third kappa shape index (κ3) is 5.78. The van der Waals surface area contributed by atoms with Crippen molar-refractivity contribution >= 4 is 11.9 Å². The van der Waals surface area contributed by atoms with Crippen molar-refractivity contribution < 1.29 is 14.3 Å². The van der Waals surface area contributed by atoms with Crippen LogP contribution in [-0.2, 0) is 16.1 Å². The summed E-state index contributed by atoms with van der Waals surface area (Å²) in [6.45, 7) is 2.63. The number of aryl methyl sites for hydroxylation is 1. The van der Waals surface area contributed by atoms with Crippen molar-refractivity contribution in [2.75, 3.05) is 13.7 Å². The largest absolute Gasteiger partial charge is 0.465 e. The molecule has 0 aliphatic heterocycles. The maximum atomic E-state index is 12.4. The van der Waals surface area contributed by atoms with E-state index in [0.717, 1.165) is 16.7 Å². The third-order valence-electron chi connectivity index (χ3n) is 4.88. The van der Waals surface area contributed by atoms with Crippen molar-refractivity contribution in [3.63, 3.8) is 0 Å². The average Bonchev–Trinajstić information content (AvgIpc) is 2.79. The second-order valence-corrected chi connectivity index (χ2v) is 7.10. The molecule has 0 saturated heterocycles. The molecule has 5 heteroatoms. The van der Waals surface area contributed by atoms with Crippen LogP contribution in [0.5, 0.6) is 0 Å². The molecular weight excluding hydrogens is 376 g/mol. The number of esters is 1. The van der Waals surface area contributed by atoms with Crippen LogP contribution in [0.4, 0.5) is 0 Å². The number of ether oxygens (including phenoxy) is 1. The minimum Gasteiger partial charge on any atom is -0.465 e. The number of benzene rings is 3. The van der Waals surface area contributed by atoms with E-state index in [1.54, 1.807) is 24.3 Å². The quantitative estimate of drug-likeness (QED) is 0.563. The van der Waals surface area contributed by atoms with Gasteiger partial charge in [0.1, 0.15) is 0 Å². The smallest absolute Gasteiger partial charge is 0.337 e. The zero-order valence-corrected chi connectivity index (χ0v) is 17.2. The van der Waals surface area contributed by atoms with Gasteiger partial charge in [0, 0.05) is 6.54 Å². The van der Waals surface area contributed by atoms with Crippen LogP contribution in [0.3, 0.4) is 0 Å². The highest BCUT2D eigenvalue weighted by atomic mass is 16.5. The van der Waals surface area contributed by atoms with Gasteiger partial charge < -0.3 is 10.1 Å². The number of carbonyl (C=O) groups excluding carboxylic acids is 2. The summed E-state index contributed by atoms with van der Waals surface area (Å²) in [4.78, 5) is 23.9. The Morgan fingerprint density at radius 1 is 0.867 bits per heavy atom. The van der Waals surface area contributed by atoms with Gasteiger partial charge in [-0.3, -0.25) is 10.1 Å². The van der Waals surface area contributed by atoms with Gasteiger partial charge in [-0.05, 0) is 35.7 Å². The van der Waals surface area contributed by atoms with E-state index in [4.69, 9.17) is 4.74 Å². The molecule has 3 aromatic rings. The summed E-state index contributed by atoms with van der Waals surface area (Å²) in [5, 5.41) is 6.28. The van der Waals surface area contributed by atoms with Gasteiger partial charge in [-0.15, -0.1) is 0 Å². The van der Waals surface area contributed by atoms with Gasteiger partial charge in [0.2, 0.25) is 5.91 Å². The molecule has 0 aliphatic rings. The van der Waals surface area contributed by atoms with E-state index >= 15 is 0 Å². The van der Waals surface area contributed by atoms with Crippen molar-refractivity contribution in [1.29, 1.82) is 0 Å². The summed E-state index contributed by atoms with van der Waals surface area (Å²) in [7, 11) is 1.35. The molecule has 0 fully saturated rings. The first-order valence-electron chi connectivity index (χ1n) is 9.85. The number of amides is 1. The average molecular weight is 402 g/mol. The first kappa shape index (κ1) is 21.3. The van der Waals surface area contributed by atoms with Crippen LogP contribution >= 0.6 is 0 Å². The highest BCUT2D eigenvalue weighted by molar-refractivity contribution is 5.89. The van der Waals surface area contributed by atoms with Gasteiger partial charge in [-0.25, -0.2) is 4.79 Å². The zero-order valence-electron chi connectivity index (χ0n) is 17.2. The molecule has 0 radical (unpaired) electrons. The second-order valence-electron chi connectivity index (χ2n) is 7.10. The molecule has 30 heavy (non-hydrogen) atoms. The number of rotatable bonds is 8. The minimum absolute atomic E-state index is 0.0723. The fourth-order valence-corrected chi connectivity index (χ4v) is 3.17. The first-order chi connectivity index (χ1) is 14.6. The predicted octanol–water partition coefficient (Wildman–Crippen LogP) is 3.78. The molecule has 154 valence electrons. The Bertz CT molecular complexity index is 968. The molecule has 2 N–H and O–H groups in total. The van der Waals surface area contributed by atoms with Crippen LogP contribution in [0.1, 0.15) is 38.7 Å². The molecule has 1 amide bonds. The van der Waals surface area contributed by atoms with E-state index < -0.39 is 0 Å². The Morgan fingerprint density at radius 2 is 1.50 bits per heavy atom. The molecule has 0 spiro atoms. The molecule has 5 nitrogen and oxygen atoms in total. The van der Waals surface area contributed by atoms with Crippen molar-refractivity contribution in [3.05, 3.63) is 107 Å². The molecular formula is C25H26N2O3. The van der Waals surface area contributed by atoms with Crippen molar-refractivity contribution in [1.82, 2.24) is 10.6 Å². The normalized spacial score (nSPS) is 11.5. The van der Waals surface area contributed by atoms with Crippen LogP contribution < -0.4 is 10.6 Å². The van der Waals surface area contributed by atoms with E-state index in [-0.39, 0.29) is 24.5 Å². The van der Waals surface area contributed by atoms with Crippen LogP contribution in [-0.4, -0.2) is 25.5 Å². The van der Waals surface area contributed by atoms with Crippen LogP contribution in [0.25, 0.3) is 0 Å². The fourth-order valence-electron chi connectivity index (χ4n) is 3.17. The topological polar surface area (TPSA) is 67.4 Å². The van der Waals surface area contributed by atoms with Gasteiger partial charge in [-0.1, -0.05) is 72.3 Å². The molecule has 0 unspecified atom stereocenters. The maximum absolute atomic E-state index is 12.4. The number of hydrogen-bond acceptors (Lipinski definition) is 4. The highest BCUT2D eigenvalue weighted by Crippen LogP contribution is 2.22. The Morgan fingerprint density at radius 3 is 2.13 bits per heavy atom. The summed E-state index contributed by atoms with van der Waals surface area (Å²) < 4.78 is 4.69. The second kappa shape index (κ2) is 10.4. The van der Waals surface area contributed by atoms with Crippen molar-refractivity contribution in [2.24, 2.45) is 0 Å². The maximum Gasteiger partial charge on any atom is 0.337 e. The van der Waals surface area contributed by atoms with E-state index in [1.807, 2.05) is 18.2 Å². The number of methoxy groups -OCH3 is 1. The summed E-state index contributed by atoms with van der Waals surface area (Å²) >= 11 is 0. The van der Waals surface area contributed by atoms with Gasteiger partial charge in [0.15, 0.2) is 0 Å². The summed E-state index contributed by atoms with van der Waals surface area (Å²) in [6.07, 6.45) is 0. The molecule has 0 aliphatic carbocycles. The molecule has 0 heterocycles. The predicted molar refractivity (Wildman–Crippen MR) is 117 cm³/mol. The Hall–Kier alpha value is -3.44. The highest BCUT2D eigenvalue weighted by Gasteiger charge is 2.15. The Labute approximate surface area is 177 Å². The lowest BCUT2D eigenvalue weighted by molar-refractivity contribution is -0.120. The fraction of sp³-hybridized carbons (Fsp3) is 0.200. The number of nitrogens with one attached hydrogen (secondary N) is 2. The first-order valence-corrected chi connectivity index (χ1v) is 9.85. The van der Waals surface area contributed by atoms with Crippen LogP contribution in [0, 0.1) is 6.92 Å². The van der Waals surface area contributed by atoms with E-state index in [1.165, 1.54) is 12.7 Å². The van der Waals surface area contributed by atoms with Gasteiger partial charge in [0.25, 0.3) is 0 Å². The standard InChI is InChI=1S/C25H26N2O3/c1-18-8-12-21(13-9-18)24(20-6-4-3-5-7-20)27-17-23(28)26-16-19-10-14-22(15-11-19)25(29)30-2/h3-15,24,27H,16-17H2,1-2H3,(H,26,28)/t24-/m1/s1. The molecule has 1 atom stereocenters. The lowest BCUT2D eigenvalue weighted by Crippen LogP contribution is -2.35. The van der Waals surface area contributed by atoms with E-state index in [0.29, 0.717) is 12.1 Å². The van der Waals surface area contributed by atoms with Crippen LogP contribution in [0.15, 0.2) is 78.9 Å². The van der Waals surface area contributed by atoms with E-state index in [2.05, 4.69) is 54.0 Å². The summed E-state index contributed by atoms with van der Waals surface area (Å²) in [5.41, 5.74) is 4.80. The SMILES string of the molecule is COC(=O)c1ccc(CNC(=O)CN[C@H](c2ccccc2)c2ccc(C)cc2)cc1. The molecule has 0 aromatic heterocycles. The van der Waals surface area contributed by atoms with Crippen molar-refractivity contribution in [3.8, 4) is 0 Å². The molecule has 0 saturated carbocycles. The number of hydrogen-bond donors (Lipinski definition) is 2. The van der Waals surface area contributed by atoms with Gasteiger partial charge >= 0.3 is 5.97 Å². The molecule has 3 aromatic carbocycles. The van der Waals surface area contributed by atoms with Crippen molar-refractivity contribution in [2.45, 2.75) is 19.5 Å². The van der Waals surface area contributed by atoms with E-state index in [9.17, 15) is 9.59 Å². The minimum atomic E-state index is -0.377. The lowest BCUT2D eigenvalue weighted by Gasteiger charge is -2.20. The summed E-state index contributed by atoms with van der Waals surface area (Å²) in [6, 6.07) is 25.3. The lowest BCUT2D eigenvalue weighted by atomic mass is 9.98.